The summed E-state index contributed by atoms with van der Waals surface area (Å²) in [7, 11) is 0. The number of rotatable bonds is 10. The van der Waals surface area contributed by atoms with E-state index in [1.54, 1.807) is 0 Å². The van der Waals surface area contributed by atoms with E-state index in [0.717, 1.165) is 45.8 Å². The van der Waals surface area contributed by atoms with Gasteiger partial charge in [-0.05, 0) is 12.8 Å². The zero-order valence-electron chi connectivity index (χ0n) is 10.4. The first-order valence-corrected chi connectivity index (χ1v) is 6.40. The highest BCUT2D eigenvalue weighted by Gasteiger charge is 2.13. The lowest BCUT2D eigenvalue weighted by Crippen LogP contribution is -2.32. The van der Waals surface area contributed by atoms with Gasteiger partial charge in [-0.25, -0.2) is 0 Å². The van der Waals surface area contributed by atoms with Crippen LogP contribution < -0.4 is 5.32 Å². The number of hydrogen-bond donors (Lipinski definition) is 1. The summed E-state index contributed by atoms with van der Waals surface area (Å²) in [5, 5.41) is 3.40. The third-order valence-corrected chi connectivity index (χ3v) is 2.62. The minimum atomic E-state index is 0.532. The molecular formula is C12H25NO3. The van der Waals surface area contributed by atoms with Gasteiger partial charge in [-0.3, -0.25) is 0 Å². The summed E-state index contributed by atoms with van der Waals surface area (Å²) in [6.45, 7) is 7.84. The van der Waals surface area contributed by atoms with Crippen molar-refractivity contribution in [2.24, 2.45) is 0 Å². The van der Waals surface area contributed by atoms with E-state index in [-0.39, 0.29) is 0 Å². The molecule has 1 rings (SSSR count). The van der Waals surface area contributed by atoms with Crippen molar-refractivity contribution in [3.8, 4) is 0 Å². The Morgan fingerprint density at radius 2 is 2.00 bits per heavy atom. The van der Waals surface area contributed by atoms with Gasteiger partial charge in [0.15, 0.2) is 0 Å². The van der Waals surface area contributed by atoms with Crippen LogP contribution in [-0.4, -0.2) is 52.2 Å². The molecule has 1 atom stereocenters. The van der Waals surface area contributed by atoms with Crippen molar-refractivity contribution in [3.05, 3.63) is 0 Å². The molecule has 0 bridgehead atoms. The van der Waals surface area contributed by atoms with Crippen LogP contribution in [0.3, 0.4) is 0 Å². The predicted octanol–water partition coefficient (Wildman–Crippen LogP) is 1.20. The van der Waals surface area contributed by atoms with Crippen molar-refractivity contribution in [2.75, 3.05) is 46.2 Å². The van der Waals surface area contributed by atoms with Crippen LogP contribution >= 0.6 is 0 Å². The third-order valence-electron chi connectivity index (χ3n) is 2.62. The molecule has 0 amide bonds. The predicted molar refractivity (Wildman–Crippen MR) is 63.8 cm³/mol. The van der Waals surface area contributed by atoms with Crippen LogP contribution in [0.4, 0.5) is 0 Å². The van der Waals surface area contributed by atoms with E-state index in [1.807, 2.05) is 0 Å². The Morgan fingerprint density at radius 1 is 1.19 bits per heavy atom. The van der Waals surface area contributed by atoms with Gasteiger partial charge in [-0.1, -0.05) is 13.3 Å². The molecule has 0 aromatic heterocycles. The van der Waals surface area contributed by atoms with Gasteiger partial charge >= 0.3 is 0 Å². The topological polar surface area (TPSA) is 39.7 Å². The maximum atomic E-state index is 5.45. The fourth-order valence-corrected chi connectivity index (χ4v) is 1.60. The van der Waals surface area contributed by atoms with Gasteiger partial charge in [-0.15, -0.1) is 0 Å². The fraction of sp³-hybridized carbons (Fsp3) is 1.00. The second kappa shape index (κ2) is 10.0. The lowest BCUT2D eigenvalue weighted by molar-refractivity contribution is 0.0470. The Morgan fingerprint density at radius 3 is 2.69 bits per heavy atom. The molecule has 0 saturated carbocycles. The summed E-state index contributed by atoms with van der Waals surface area (Å²) in [4.78, 5) is 0. The van der Waals surface area contributed by atoms with Crippen LogP contribution in [0.25, 0.3) is 0 Å². The standard InChI is InChI=1S/C12H25NO3/c1-2-3-6-14-9-10-15-8-5-13-12-4-7-16-11-12/h12-13H,2-11H2,1H3. The summed E-state index contributed by atoms with van der Waals surface area (Å²) in [6.07, 6.45) is 3.46. The van der Waals surface area contributed by atoms with E-state index in [4.69, 9.17) is 14.2 Å². The van der Waals surface area contributed by atoms with E-state index in [0.29, 0.717) is 19.3 Å². The number of ether oxygens (including phenoxy) is 3. The molecule has 96 valence electrons. The van der Waals surface area contributed by atoms with E-state index in [9.17, 15) is 0 Å². The Balaban J connectivity index is 1.71. The zero-order valence-corrected chi connectivity index (χ0v) is 10.4. The first-order chi connectivity index (χ1) is 7.93. The van der Waals surface area contributed by atoms with Gasteiger partial charge in [0.25, 0.3) is 0 Å². The minimum Gasteiger partial charge on any atom is -0.380 e. The molecule has 1 heterocycles. The molecule has 1 saturated heterocycles. The van der Waals surface area contributed by atoms with Crippen molar-refractivity contribution in [3.63, 3.8) is 0 Å². The number of nitrogens with one attached hydrogen (secondary N) is 1. The van der Waals surface area contributed by atoms with Crippen molar-refractivity contribution in [2.45, 2.75) is 32.2 Å². The van der Waals surface area contributed by atoms with Gasteiger partial charge in [0.1, 0.15) is 0 Å². The van der Waals surface area contributed by atoms with Crippen LogP contribution in [0.15, 0.2) is 0 Å². The van der Waals surface area contributed by atoms with E-state index >= 15 is 0 Å². The highest BCUT2D eigenvalue weighted by atomic mass is 16.5. The zero-order chi connectivity index (χ0) is 11.5. The first-order valence-electron chi connectivity index (χ1n) is 6.40. The van der Waals surface area contributed by atoms with Gasteiger partial charge in [0, 0.05) is 25.8 Å². The highest BCUT2D eigenvalue weighted by molar-refractivity contribution is 4.70. The second-order valence-electron chi connectivity index (χ2n) is 4.09. The number of unbranched alkanes of at least 4 members (excludes halogenated alkanes) is 1. The van der Waals surface area contributed by atoms with Crippen LogP contribution in [0.2, 0.25) is 0 Å². The maximum Gasteiger partial charge on any atom is 0.0701 e. The highest BCUT2D eigenvalue weighted by Crippen LogP contribution is 2.02. The normalized spacial score (nSPS) is 20.4. The van der Waals surface area contributed by atoms with Gasteiger partial charge in [0.2, 0.25) is 0 Å². The van der Waals surface area contributed by atoms with Crippen molar-refractivity contribution < 1.29 is 14.2 Å². The maximum absolute atomic E-state index is 5.45. The molecule has 0 aliphatic carbocycles. The molecule has 0 aromatic rings. The summed E-state index contributed by atoms with van der Waals surface area (Å²) in [5.41, 5.74) is 0. The SMILES string of the molecule is CCCCOCCOCCNC1CCOC1. The van der Waals surface area contributed by atoms with Crippen LogP contribution in [-0.2, 0) is 14.2 Å². The average molecular weight is 231 g/mol. The molecule has 4 nitrogen and oxygen atoms in total. The quantitative estimate of drug-likeness (QED) is 0.573. The van der Waals surface area contributed by atoms with Gasteiger partial charge in [-0.2, -0.15) is 0 Å². The average Bonchev–Trinajstić information content (AvgIpc) is 2.80. The Labute approximate surface area is 98.6 Å². The molecule has 1 unspecified atom stereocenters. The molecule has 1 N–H and O–H groups in total. The molecular weight excluding hydrogens is 206 g/mol. The largest absolute Gasteiger partial charge is 0.380 e. The molecule has 1 fully saturated rings. The summed E-state index contributed by atoms with van der Waals surface area (Å²) in [6, 6.07) is 0.532. The molecule has 16 heavy (non-hydrogen) atoms. The Hall–Kier alpha value is -0.160. The summed E-state index contributed by atoms with van der Waals surface area (Å²) in [5.74, 6) is 0. The van der Waals surface area contributed by atoms with Crippen molar-refractivity contribution in [1.29, 1.82) is 0 Å². The monoisotopic (exact) mass is 231 g/mol. The number of hydrogen-bond acceptors (Lipinski definition) is 4. The van der Waals surface area contributed by atoms with Gasteiger partial charge in [0.05, 0.1) is 26.4 Å². The van der Waals surface area contributed by atoms with Gasteiger partial charge < -0.3 is 19.5 Å². The van der Waals surface area contributed by atoms with E-state index in [1.165, 1.54) is 6.42 Å². The minimum absolute atomic E-state index is 0.532. The van der Waals surface area contributed by atoms with Crippen molar-refractivity contribution >= 4 is 0 Å². The molecule has 4 heteroatoms. The van der Waals surface area contributed by atoms with Crippen LogP contribution in [0, 0.1) is 0 Å². The van der Waals surface area contributed by atoms with Crippen LogP contribution in [0.1, 0.15) is 26.2 Å². The van der Waals surface area contributed by atoms with Crippen LogP contribution in [0.5, 0.6) is 0 Å². The Bertz CT molecular complexity index is 149. The lowest BCUT2D eigenvalue weighted by Gasteiger charge is -2.10. The molecule has 1 aliphatic heterocycles. The van der Waals surface area contributed by atoms with E-state index < -0.39 is 0 Å². The summed E-state index contributed by atoms with van der Waals surface area (Å²) < 4.78 is 16.1. The second-order valence-corrected chi connectivity index (χ2v) is 4.09. The molecule has 0 aromatic carbocycles. The summed E-state index contributed by atoms with van der Waals surface area (Å²) >= 11 is 0. The molecule has 1 aliphatic rings. The fourth-order valence-electron chi connectivity index (χ4n) is 1.60. The molecule has 0 spiro atoms. The lowest BCUT2D eigenvalue weighted by atomic mass is 10.3. The molecule has 0 radical (unpaired) electrons. The first kappa shape index (κ1) is 13.9. The smallest absolute Gasteiger partial charge is 0.0701 e. The third kappa shape index (κ3) is 7.17. The van der Waals surface area contributed by atoms with Crippen molar-refractivity contribution in [1.82, 2.24) is 5.32 Å². The van der Waals surface area contributed by atoms with E-state index in [2.05, 4.69) is 12.2 Å². The Kier molecular flexibility index (Phi) is 8.71.